The Morgan fingerprint density at radius 2 is 2.04 bits per heavy atom. The Hall–Kier alpha value is -2.74. The number of carbonyl (C=O) groups excluding carboxylic acids is 1. The van der Waals surface area contributed by atoms with E-state index in [1.54, 1.807) is 23.9 Å². The van der Waals surface area contributed by atoms with Crippen LogP contribution in [0.5, 0.6) is 0 Å². The molecule has 1 aliphatic heterocycles. The van der Waals surface area contributed by atoms with Crippen molar-refractivity contribution in [3.8, 4) is 6.07 Å². The van der Waals surface area contributed by atoms with Gasteiger partial charge in [0, 0.05) is 45.1 Å². The second-order valence-electron chi connectivity index (χ2n) is 6.13. The maximum Gasteiger partial charge on any atom is 0.271 e. The van der Waals surface area contributed by atoms with Crippen LogP contribution in [0, 0.1) is 11.3 Å². The van der Waals surface area contributed by atoms with E-state index >= 15 is 0 Å². The largest absolute Gasteiger partial charge is 0.372 e. The van der Waals surface area contributed by atoms with Gasteiger partial charge in [-0.3, -0.25) is 4.79 Å². The van der Waals surface area contributed by atoms with Gasteiger partial charge in [0.1, 0.15) is 11.8 Å². The number of fused-ring (bicyclic) bond motifs is 1. The topological polar surface area (TPSA) is 52.3 Å². The van der Waals surface area contributed by atoms with Gasteiger partial charge in [-0.2, -0.15) is 5.26 Å². The predicted molar refractivity (Wildman–Crippen MR) is 89.2 cm³/mol. The second-order valence-corrected chi connectivity index (χ2v) is 6.13. The van der Waals surface area contributed by atoms with E-state index in [1.807, 2.05) is 17.0 Å². The van der Waals surface area contributed by atoms with Crippen molar-refractivity contribution in [3.63, 3.8) is 0 Å². The van der Waals surface area contributed by atoms with E-state index in [1.165, 1.54) is 5.69 Å². The molecule has 2 heterocycles. The first kappa shape index (κ1) is 15.2. The Kier molecular flexibility index (Phi) is 3.83. The van der Waals surface area contributed by atoms with Crippen LogP contribution in [-0.2, 0) is 13.6 Å². The lowest BCUT2D eigenvalue weighted by Gasteiger charge is -2.28. The third kappa shape index (κ3) is 2.68. The van der Waals surface area contributed by atoms with Crippen LogP contribution in [0.25, 0.3) is 0 Å². The van der Waals surface area contributed by atoms with Crippen LogP contribution < -0.4 is 4.90 Å². The number of nitrogens with zero attached hydrogens (tertiary/aromatic N) is 4. The van der Waals surface area contributed by atoms with Gasteiger partial charge >= 0.3 is 0 Å². The van der Waals surface area contributed by atoms with Crippen molar-refractivity contribution >= 4 is 11.6 Å². The summed E-state index contributed by atoms with van der Waals surface area (Å²) in [5, 5.41) is 9.03. The zero-order valence-corrected chi connectivity index (χ0v) is 13.7. The van der Waals surface area contributed by atoms with Gasteiger partial charge in [0.05, 0.1) is 5.56 Å². The van der Waals surface area contributed by atoms with Gasteiger partial charge < -0.3 is 14.4 Å². The summed E-state index contributed by atoms with van der Waals surface area (Å²) < 4.78 is 1.73. The van der Waals surface area contributed by atoms with Crippen LogP contribution in [0.3, 0.4) is 0 Å². The lowest BCUT2D eigenvalue weighted by Crippen LogP contribution is -2.42. The summed E-state index contributed by atoms with van der Waals surface area (Å²) in [5.41, 5.74) is 3.37. The lowest BCUT2D eigenvalue weighted by molar-refractivity contribution is 0.0677. The monoisotopic (exact) mass is 308 g/mol. The fraction of sp³-hybridized carbons (Fsp3) is 0.333. The molecule has 0 saturated carbocycles. The standard InChI is InChI=1S/C18H20N4O/c1-13-10-20(2)16-7-5-4-6-15(16)12-22(13)18(23)17-8-14(9-19)11-21(17)3/h4-8,11,13H,10,12H2,1-3H3/t13-/m0/s1. The molecule has 1 aromatic carbocycles. The van der Waals surface area contributed by atoms with Crippen molar-refractivity contribution in [2.75, 3.05) is 18.5 Å². The van der Waals surface area contributed by atoms with Gasteiger partial charge in [-0.1, -0.05) is 18.2 Å². The molecular formula is C18H20N4O. The molecular weight excluding hydrogens is 288 g/mol. The molecule has 0 radical (unpaired) electrons. The van der Waals surface area contributed by atoms with Crippen LogP contribution in [0.15, 0.2) is 36.5 Å². The first-order valence-electron chi connectivity index (χ1n) is 7.67. The number of carbonyl (C=O) groups is 1. The summed E-state index contributed by atoms with van der Waals surface area (Å²) in [6, 6.07) is 12.0. The Balaban J connectivity index is 1.97. The Bertz CT molecular complexity index is 787. The fourth-order valence-electron chi connectivity index (χ4n) is 3.21. The van der Waals surface area contributed by atoms with E-state index in [4.69, 9.17) is 5.26 Å². The van der Waals surface area contributed by atoms with Gasteiger partial charge in [0.2, 0.25) is 0 Å². The minimum Gasteiger partial charge on any atom is -0.372 e. The Labute approximate surface area is 136 Å². The van der Waals surface area contributed by atoms with E-state index in [9.17, 15) is 4.79 Å². The molecule has 0 fully saturated rings. The number of nitriles is 1. The summed E-state index contributed by atoms with van der Waals surface area (Å²) in [7, 11) is 3.86. The van der Waals surface area contributed by atoms with Gasteiger partial charge in [-0.15, -0.1) is 0 Å². The van der Waals surface area contributed by atoms with E-state index in [0.717, 1.165) is 12.1 Å². The Morgan fingerprint density at radius 3 is 2.74 bits per heavy atom. The van der Waals surface area contributed by atoms with Crippen molar-refractivity contribution in [3.05, 3.63) is 53.3 Å². The van der Waals surface area contributed by atoms with Crippen molar-refractivity contribution in [1.29, 1.82) is 5.26 Å². The Morgan fingerprint density at radius 1 is 1.30 bits per heavy atom. The van der Waals surface area contributed by atoms with Gasteiger partial charge in [0.15, 0.2) is 0 Å². The maximum atomic E-state index is 13.0. The number of para-hydroxylation sites is 1. The van der Waals surface area contributed by atoms with E-state index < -0.39 is 0 Å². The summed E-state index contributed by atoms with van der Waals surface area (Å²) in [6.07, 6.45) is 1.69. The number of aromatic nitrogens is 1. The molecule has 1 amide bonds. The van der Waals surface area contributed by atoms with E-state index in [-0.39, 0.29) is 11.9 Å². The number of hydrogen-bond donors (Lipinski definition) is 0. The van der Waals surface area contributed by atoms with Crippen LogP contribution in [0.4, 0.5) is 5.69 Å². The number of rotatable bonds is 1. The summed E-state index contributed by atoms with van der Waals surface area (Å²) in [5.74, 6) is -0.0356. The molecule has 2 aromatic rings. The molecule has 0 aliphatic carbocycles. The van der Waals surface area contributed by atoms with Crippen molar-refractivity contribution < 1.29 is 4.79 Å². The minimum absolute atomic E-state index is 0.0356. The van der Waals surface area contributed by atoms with E-state index in [2.05, 4.69) is 37.1 Å². The summed E-state index contributed by atoms with van der Waals surface area (Å²) >= 11 is 0. The maximum absolute atomic E-state index is 13.0. The molecule has 0 saturated heterocycles. The molecule has 1 aromatic heterocycles. The quantitative estimate of drug-likeness (QED) is 0.813. The molecule has 1 atom stereocenters. The average Bonchev–Trinajstić information content (AvgIpc) is 2.87. The number of hydrogen-bond acceptors (Lipinski definition) is 3. The highest BCUT2D eigenvalue weighted by atomic mass is 16.2. The van der Waals surface area contributed by atoms with Crippen LogP contribution in [0.2, 0.25) is 0 Å². The molecule has 1 aliphatic rings. The minimum atomic E-state index is -0.0356. The zero-order valence-electron chi connectivity index (χ0n) is 13.7. The number of anilines is 1. The predicted octanol–water partition coefficient (Wildman–Crippen LogP) is 2.38. The zero-order chi connectivity index (χ0) is 16.6. The highest BCUT2D eigenvalue weighted by Crippen LogP contribution is 2.27. The van der Waals surface area contributed by atoms with Gasteiger partial charge in [-0.25, -0.2) is 0 Å². The van der Waals surface area contributed by atoms with Crippen molar-refractivity contribution in [2.45, 2.75) is 19.5 Å². The molecule has 118 valence electrons. The van der Waals surface area contributed by atoms with Crippen molar-refractivity contribution in [1.82, 2.24) is 9.47 Å². The summed E-state index contributed by atoms with van der Waals surface area (Å²) in [4.78, 5) is 17.1. The molecule has 0 bridgehead atoms. The van der Waals surface area contributed by atoms with Gasteiger partial charge in [-0.05, 0) is 24.6 Å². The number of amides is 1. The third-order valence-electron chi connectivity index (χ3n) is 4.43. The smallest absolute Gasteiger partial charge is 0.271 e. The normalized spacial score (nSPS) is 17.4. The first-order chi connectivity index (χ1) is 11.0. The molecule has 3 rings (SSSR count). The van der Waals surface area contributed by atoms with Crippen molar-refractivity contribution in [2.24, 2.45) is 7.05 Å². The second kappa shape index (κ2) is 5.81. The van der Waals surface area contributed by atoms with Crippen LogP contribution in [-0.4, -0.2) is 35.0 Å². The lowest BCUT2D eigenvalue weighted by atomic mass is 10.1. The van der Waals surface area contributed by atoms with Crippen LogP contribution in [0.1, 0.15) is 28.5 Å². The number of aryl methyl sites for hydroxylation is 1. The highest BCUT2D eigenvalue weighted by Gasteiger charge is 2.28. The molecule has 0 spiro atoms. The molecule has 5 nitrogen and oxygen atoms in total. The van der Waals surface area contributed by atoms with E-state index in [0.29, 0.717) is 17.8 Å². The fourth-order valence-corrected chi connectivity index (χ4v) is 3.21. The summed E-state index contributed by atoms with van der Waals surface area (Å²) in [6.45, 7) is 3.42. The average molecular weight is 308 g/mol. The van der Waals surface area contributed by atoms with Crippen LogP contribution >= 0.6 is 0 Å². The number of benzene rings is 1. The molecule has 5 heteroatoms. The van der Waals surface area contributed by atoms with Gasteiger partial charge in [0.25, 0.3) is 5.91 Å². The molecule has 0 N–H and O–H groups in total. The third-order valence-corrected chi connectivity index (χ3v) is 4.43. The SMILES string of the molecule is C[C@H]1CN(C)c2ccccc2CN1C(=O)c1cc(C#N)cn1C. The molecule has 0 unspecified atom stereocenters. The molecule has 23 heavy (non-hydrogen) atoms. The number of likely N-dealkylation sites (N-methyl/N-ethyl adjacent to an activating group) is 1. The highest BCUT2D eigenvalue weighted by molar-refractivity contribution is 5.93. The first-order valence-corrected chi connectivity index (χ1v) is 7.67.